The van der Waals surface area contributed by atoms with E-state index in [4.69, 9.17) is 10.8 Å². The molecule has 1 aromatic carbocycles. The van der Waals surface area contributed by atoms with Gasteiger partial charge in [0.05, 0.1) is 10.5 Å². The van der Waals surface area contributed by atoms with Gasteiger partial charge < -0.3 is 10.8 Å². The molecular formula is C13H10N2O5S. The second-order valence-electron chi connectivity index (χ2n) is 4.16. The topological polar surface area (TPSA) is 118 Å². The summed E-state index contributed by atoms with van der Waals surface area (Å²) in [5, 5.41) is 8.22. The number of carboxylic acids is 1. The first-order valence-corrected chi connectivity index (χ1v) is 6.57. The highest BCUT2D eigenvalue weighted by Crippen LogP contribution is 2.31. The lowest BCUT2D eigenvalue weighted by molar-refractivity contribution is -0.127. The number of aromatic carboxylic acids is 1. The van der Waals surface area contributed by atoms with E-state index < -0.39 is 29.6 Å². The summed E-state index contributed by atoms with van der Waals surface area (Å²) < 4.78 is 0. The molecule has 7 nitrogen and oxygen atoms in total. The van der Waals surface area contributed by atoms with Crippen molar-refractivity contribution in [2.24, 2.45) is 5.73 Å². The zero-order valence-electron chi connectivity index (χ0n) is 10.6. The summed E-state index contributed by atoms with van der Waals surface area (Å²) in [4.78, 5) is 46.0. The van der Waals surface area contributed by atoms with Crippen molar-refractivity contribution in [1.29, 1.82) is 0 Å². The third-order valence-electron chi connectivity index (χ3n) is 2.64. The van der Waals surface area contributed by atoms with Gasteiger partial charge in [-0.05, 0) is 35.5 Å². The van der Waals surface area contributed by atoms with E-state index in [0.29, 0.717) is 17.3 Å². The van der Waals surface area contributed by atoms with Crippen molar-refractivity contribution in [1.82, 2.24) is 4.90 Å². The van der Waals surface area contributed by atoms with Crippen LogP contribution in [0.5, 0.6) is 0 Å². The molecule has 1 aliphatic rings. The van der Waals surface area contributed by atoms with E-state index in [9.17, 15) is 19.2 Å². The number of imide groups is 1. The van der Waals surface area contributed by atoms with Gasteiger partial charge in [-0.1, -0.05) is 12.1 Å². The number of carboxylic acid groups (broad SMARTS) is 1. The average Bonchev–Trinajstić information content (AvgIpc) is 2.67. The summed E-state index contributed by atoms with van der Waals surface area (Å²) in [7, 11) is 0. The summed E-state index contributed by atoms with van der Waals surface area (Å²) in [6.07, 6.45) is 1.46. The van der Waals surface area contributed by atoms with Gasteiger partial charge in [0.2, 0.25) is 5.91 Å². The molecule has 1 fully saturated rings. The Morgan fingerprint density at radius 3 is 2.38 bits per heavy atom. The van der Waals surface area contributed by atoms with Crippen LogP contribution >= 0.6 is 11.8 Å². The van der Waals surface area contributed by atoms with Crippen molar-refractivity contribution in [3.63, 3.8) is 0 Å². The third-order valence-corrected chi connectivity index (χ3v) is 3.55. The molecule has 1 aliphatic heterocycles. The van der Waals surface area contributed by atoms with E-state index in [0.717, 1.165) is 4.90 Å². The number of hydrogen-bond donors (Lipinski definition) is 2. The number of benzene rings is 1. The highest BCUT2D eigenvalue weighted by Gasteiger charge is 2.35. The number of hydrogen-bond acceptors (Lipinski definition) is 5. The molecule has 1 aromatic rings. The summed E-state index contributed by atoms with van der Waals surface area (Å²) >= 11 is 0.704. The van der Waals surface area contributed by atoms with Crippen LogP contribution in [0.4, 0.5) is 4.79 Å². The summed E-state index contributed by atoms with van der Waals surface area (Å²) in [6, 6.07) is 5.82. The van der Waals surface area contributed by atoms with Crippen molar-refractivity contribution in [3.05, 3.63) is 40.3 Å². The van der Waals surface area contributed by atoms with Crippen molar-refractivity contribution >= 4 is 40.9 Å². The van der Waals surface area contributed by atoms with Crippen LogP contribution in [0.2, 0.25) is 0 Å². The first-order valence-electron chi connectivity index (χ1n) is 5.75. The molecular weight excluding hydrogens is 296 g/mol. The summed E-state index contributed by atoms with van der Waals surface area (Å²) in [6.45, 7) is -0.458. The summed E-state index contributed by atoms with van der Waals surface area (Å²) in [5.41, 5.74) is 5.66. The fourth-order valence-electron chi connectivity index (χ4n) is 1.67. The van der Waals surface area contributed by atoms with Crippen LogP contribution in [0.15, 0.2) is 29.2 Å². The van der Waals surface area contributed by atoms with Crippen LogP contribution in [-0.2, 0) is 9.59 Å². The maximum absolute atomic E-state index is 11.9. The van der Waals surface area contributed by atoms with E-state index in [2.05, 4.69) is 0 Å². The molecule has 0 bridgehead atoms. The first-order chi connectivity index (χ1) is 9.88. The Morgan fingerprint density at radius 2 is 1.86 bits per heavy atom. The van der Waals surface area contributed by atoms with Gasteiger partial charge >= 0.3 is 5.97 Å². The molecule has 0 spiro atoms. The molecule has 2 rings (SSSR count). The zero-order chi connectivity index (χ0) is 15.6. The fraction of sp³-hybridized carbons (Fsp3) is 0.0769. The minimum atomic E-state index is -1.05. The van der Waals surface area contributed by atoms with Crippen molar-refractivity contribution in [2.75, 3.05) is 6.54 Å². The first kappa shape index (κ1) is 14.8. The van der Waals surface area contributed by atoms with Crippen LogP contribution in [0.25, 0.3) is 6.08 Å². The molecule has 3 N–H and O–H groups in total. The molecule has 108 valence electrons. The smallest absolute Gasteiger partial charge is 0.335 e. The predicted octanol–water partition coefficient (Wildman–Crippen LogP) is 0.906. The molecule has 0 unspecified atom stereocenters. The Kier molecular flexibility index (Phi) is 4.08. The average molecular weight is 306 g/mol. The lowest BCUT2D eigenvalue weighted by atomic mass is 10.1. The van der Waals surface area contributed by atoms with Crippen molar-refractivity contribution in [2.45, 2.75) is 0 Å². The van der Waals surface area contributed by atoms with Crippen molar-refractivity contribution in [3.8, 4) is 0 Å². The normalized spacial score (nSPS) is 16.6. The number of primary amides is 1. The van der Waals surface area contributed by atoms with E-state index in [1.54, 1.807) is 0 Å². The van der Waals surface area contributed by atoms with Gasteiger partial charge in [0.1, 0.15) is 6.54 Å². The standard InChI is InChI=1S/C13H10N2O5S/c14-10(16)6-15-11(17)9(21-13(15)20)5-7-1-3-8(4-2-7)12(18)19/h1-5H,6H2,(H2,14,16)(H,18,19)/b9-5-. The van der Waals surface area contributed by atoms with E-state index in [-0.39, 0.29) is 10.5 Å². The Morgan fingerprint density at radius 1 is 1.24 bits per heavy atom. The number of nitrogens with zero attached hydrogens (tertiary/aromatic N) is 1. The lowest BCUT2D eigenvalue weighted by Crippen LogP contribution is -2.36. The minimum Gasteiger partial charge on any atom is -0.478 e. The SMILES string of the molecule is NC(=O)CN1C(=O)S/C(=C\c2ccc(C(=O)O)cc2)C1=O. The second-order valence-corrected chi connectivity index (χ2v) is 5.15. The Hall–Kier alpha value is -2.61. The van der Waals surface area contributed by atoms with Gasteiger partial charge in [-0.3, -0.25) is 19.3 Å². The molecule has 1 heterocycles. The van der Waals surface area contributed by atoms with Gasteiger partial charge in [-0.25, -0.2) is 4.79 Å². The number of carbonyl (C=O) groups is 4. The molecule has 0 atom stereocenters. The van der Waals surface area contributed by atoms with E-state index in [1.807, 2.05) is 0 Å². The van der Waals surface area contributed by atoms with Crippen molar-refractivity contribution < 1.29 is 24.3 Å². The van der Waals surface area contributed by atoms with Crippen LogP contribution < -0.4 is 5.73 Å². The number of nitrogens with two attached hydrogens (primary N) is 1. The van der Waals surface area contributed by atoms with Gasteiger partial charge in [0, 0.05) is 0 Å². The third kappa shape index (κ3) is 3.29. The van der Waals surface area contributed by atoms with E-state index in [1.165, 1.54) is 30.3 Å². The monoisotopic (exact) mass is 306 g/mol. The summed E-state index contributed by atoms with van der Waals surface area (Å²) in [5.74, 6) is -2.42. The number of rotatable bonds is 4. The maximum atomic E-state index is 11.9. The molecule has 8 heteroatoms. The van der Waals surface area contributed by atoms with Crippen LogP contribution in [0.1, 0.15) is 15.9 Å². The van der Waals surface area contributed by atoms with Gasteiger partial charge in [0.15, 0.2) is 0 Å². The Labute approximate surface area is 123 Å². The number of carbonyl (C=O) groups excluding carboxylic acids is 3. The van der Waals surface area contributed by atoms with Gasteiger partial charge in [-0.15, -0.1) is 0 Å². The molecule has 1 saturated heterocycles. The van der Waals surface area contributed by atoms with Gasteiger partial charge in [0.25, 0.3) is 11.1 Å². The van der Waals surface area contributed by atoms with Crippen LogP contribution in [-0.4, -0.2) is 39.6 Å². The Bertz CT molecular complexity index is 666. The number of thioether (sulfide) groups is 1. The minimum absolute atomic E-state index is 0.119. The molecule has 0 radical (unpaired) electrons. The molecule has 21 heavy (non-hydrogen) atoms. The van der Waals surface area contributed by atoms with E-state index >= 15 is 0 Å². The molecule has 0 aromatic heterocycles. The fourth-order valence-corrected chi connectivity index (χ4v) is 2.50. The van der Waals surface area contributed by atoms with Crippen LogP contribution in [0, 0.1) is 0 Å². The largest absolute Gasteiger partial charge is 0.478 e. The number of amides is 3. The predicted molar refractivity (Wildman–Crippen MR) is 75.3 cm³/mol. The maximum Gasteiger partial charge on any atom is 0.335 e. The van der Waals surface area contributed by atoms with Gasteiger partial charge in [-0.2, -0.15) is 0 Å². The molecule has 0 aliphatic carbocycles. The highest BCUT2D eigenvalue weighted by molar-refractivity contribution is 8.18. The quantitative estimate of drug-likeness (QED) is 0.798. The zero-order valence-corrected chi connectivity index (χ0v) is 11.4. The highest BCUT2D eigenvalue weighted by atomic mass is 32.2. The molecule has 3 amide bonds. The lowest BCUT2D eigenvalue weighted by Gasteiger charge is -2.08. The molecule has 0 saturated carbocycles. The second kappa shape index (κ2) is 5.80. The van der Waals surface area contributed by atoms with Crippen LogP contribution in [0.3, 0.4) is 0 Å². The Balaban J connectivity index is 2.22.